The smallest absolute Gasteiger partial charge is 0.239 e. The van der Waals surface area contributed by atoms with Crippen LogP contribution in [-0.2, 0) is 16.4 Å². The van der Waals surface area contributed by atoms with Gasteiger partial charge in [0.05, 0.1) is 10.5 Å². The summed E-state index contributed by atoms with van der Waals surface area (Å²) in [7, 11) is -4.08. The van der Waals surface area contributed by atoms with Gasteiger partial charge in [0.15, 0.2) is 0 Å². The molecule has 1 unspecified atom stereocenters. The van der Waals surface area contributed by atoms with Gasteiger partial charge in [-0.15, -0.1) is 10.2 Å². The number of nitrogens with two attached hydrogens (primary N) is 2. The minimum absolute atomic E-state index is 0.0605. The highest BCUT2D eigenvalue weighted by Crippen LogP contribution is 2.39. The van der Waals surface area contributed by atoms with E-state index in [0.717, 1.165) is 56.5 Å². The van der Waals surface area contributed by atoms with Crippen LogP contribution in [0.1, 0.15) is 49.3 Å². The SMILES string of the molecule is NC1CCC(Cc2ccc(-c3ccc(C4CCNC4)nc3)c(-c3nn[nH]n3)c2S(N)(=O)=O)CC1. The number of hydrogen-bond donors (Lipinski definition) is 4. The standard InChI is InChI=1S/C23H30N8O2S/c24-18-5-1-14(2-6-18)11-15-3-7-19(16-4-8-20(27-13-16)17-9-10-26-12-17)21(22(15)34(25,32)33)23-28-30-31-29-23/h3-4,7-8,13-14,17-18,26H,1-2,5-6,9-12,24H2,(H2,25,32,33)(H,28,29,30,31). The van der Waals surface area contributed by atoms with Crippen LogP contribution < -0.4 is 16.2 Å². The molecule has 3 heterocycles. The van der Waals surface area contributed by atoms with Crippen molar-refractivity contribution in [2.75, 3.05) is 13.1 Å². The number of sulfonamides is 1. The Hall–Kier alpha value is -2.73. The first-order valence-electron chi connectivity index (χ1n) is 11.7. The van der Waals surface area contributed by atoms with E-state index in [4.69, 9.17) is 10.9 Å². The highest BCUT2D eigenvalue weighted by molar-refractivity contribution is 7.89. The van der Waals surface area contributed by atoms with Crippen molar-refractivity contribution in [3.05, 3.63) is 41.7 Å². The summed E-state index contributed by atoms with van der Waals surface area (Å²) < 4.78 is 25.8. The number of hydrogen-bond acceptors (Lipinski definition) is 8. The molecule has 6 N–H and O–H groups in total. The van der Waals surface area contributed by atoms with Crippen LogP contribution in [0.15, 0.2) is 35.4 Å². The first-order chi connectivity index (χ1) is 16.4. The number of nitrogens with one attached hydrogen (secondary N) is 2. The van der Waals surface area contributed by atoms with Crippen LogP contribution in [0.5, 0.6) is 0 Å². The van der Waals surface area contributed by atoms with Crippen LogP contribution in [0.2, 0.25) is 0 Å². The van der Waals surface area contributed by atoms with Crippen LogP contribution in [0, 0.1) is 5.92 Å². The van der Waals surface area contributed by atoms with Crippen LogP contribution >= 0.6 is 0 Å². The quantitative estimate of drug-likeness (QED) is 0.412. The fraction of sp³-hybridized carbons (Fsp3) is 0.478. The predicted octanol–water partition coefficient (Wildman–Crippen LogP) is 1.71. The third-order valence-corrected chi connectivity index (χ3v) is 8.10. The van der Waals surface area contributed by atoms with Crippen molar-refractivity contribution in [2.24, 2.45) is 16.8 Å². The highest BCUT2D eigenvalue weighted by atomic mass is 32.2. The van der Waals surface area contributed by atoms with E-state index in [9.17, 15) is 8.42 Å². The Morgan fingerprint density at radius 3 is 2.50 bits per heavy atom. The molecular weight excluding hydrogens is 452 g/mol. The molecule has 1 aliphatic carbocycles. The van der Waals surface area contributed by atoms with Crippen LogP contribution in [0.4, 0.5) is 0 Å². The molecule has 3 aromatic rings. The summed E-state index contributed by atoms with van der Waals surface area (Å²) in [4.78, 5) is 4.74. The molecule has 10 nitrogen and oxygen atoms in total. The van der Waals surface area contributed by atoms with Gasteiger partial charge >= 0.3 is 0 Å². The number of pyridine rings is 1. The molecule has 0 radical (unpaired) electrons. The summed E-state index contributed by atoms with van der Waals surface area (Å²) in [6, 6.07) is 7.97. The van der Waals surface area contributed by atoms with E-state index in [1.165, 1.54) is 0 Å². The number of aromatic amines is 1. The van der Waals surface area contributed by atoms with Crippen molar-refractivity contribution in [3.8, 4) is 22.5 Å². The molecule has 1 atom stereocenters. The summed E-state index contributed by atoms with van der Waals surface area (Å²) in [5, 5.41) is 23.5. The summed E-state index contributed by atoms with van der Waals surface area (Å²) in [5.41, 5.74) is 9.54. The van der Waals surface area contributed by atoms with Gasteiger partial charge in [0, 0.05) is 36.0 Å². The number of primary sulfonamides is 1. The lowest BCUT2D eigenvalue weighted by Gasteiger charge is -2.27. The van der Waals surface area contributed by atoms with Gasteiger partial charge in [-0.25, -0.2) is 13.6 Å². The highest BCUT2D eigenvalue weighted by Gasteiger charge is 2.29. The average molecular weight is 483 g/mol. The lowest BCUT2D eigenvalue weighted by molar-refractivity contribution is 0.323. The van der Waals surface area contributed by atoms with E-state index in [1.54, 1.807) is 6.20 Å². The molecule has 0 bridgehead atoms. The number of benzene rings is 1. The van der Waals surface area contributed by atoms with Gasteiger partial charge in [0.1, 0.15) is 0 Å². The second-order valence-electron chi connectivity index (χ2n) is 9.40. The Morgan fingerprint density at radius 1 is 1.06 bits per heavy atom. The maximum absolute atomic E-state index is 12.9. The van der Waals surface area contributed by atoms with E-state index in [0.29, 0.717) is 34.9 Å². The molecule has 1 aromatic carbocycles. The first-order valence-corrected chi connectivity index (χ1v) is 13.3. The summed E-state index contributed by atoms with van der Waals surface area (Å²) in [6.07, 6.45) is 7.26. The van der Waals surface area contributed by atoms with Gasteiger partial charge in [0.2, 0.25) is 15.8 Å². The normalized spacial score (nSPS) is 23.3. The van der Waals surface area contributed by atoms with E-state index in [1.807, 2.05) is 24.3 Å². The second-order valence-corrected chi connectivity index (χ2v) is 10.9. The van der Waals surface area contributed by atoms with Crippen molar-refractivity contribution < 1.29 is 8.42 Å². The second kappa shape index (κ2) is 9.49. The van der Waals surface area contributed by atoms with Gasteiger partial charge in [-0.2, -0.15) is 5.21 Å². The molecule has 34 heavy (non-hydrogen) atoms. The zero-order chi connectivity index (χ0) is 23.7. The van der Waals surface area contributed by atoms with Gasteiger partial charge in [-0.3, -0.25) is 4.98 Å². The minimum Gasteiger partial charge on any atom is -0.328 e. The number of rotatable bonds is 6. The Bertz CT molecular complexity index is 1230. The fourth-order valence-corrected chi connectivity index (χ4v) is 6.26. The number of nitrogens with zero attached hydrogens (tertiary/aromatic N) is 4. The van der Waals surface area contributed by atoms with Crippen LogP contribution in [0.25, 0.3) is 22.5 Å². The lowest BCUT2D eigenvalue weighted by Crippen LogP contribution is -2.27. The molecule has 1 aliphatic heterocycles. The van der Waals surface area contributed by atoms with Crippen molar-refractivity contribution in [2.45, 2.75) is 55.4 Å². The molecule has 0 amide bonds. The fourth-order valence-electron chi connectivity index (χ4n) is 5.26. The largest absolute Gasteiger partial charge is 0.328 e. The molecular formula is C23H30N8O2S. The summed E-state index contributed by atoms with van der Waals surface area (Å²) >= 11 is 0. The third kappa shape index (κ3) is 4.74. The van der Waals surface area contributed by atoms with Gasteiger partial charge in [0.25, 0.3) is 0 Å². The topological polar surface area (TPSA) is 166 Å². The van der Waals surface area contributed by atoms with Crippen molar-refractivity contribution in [1.29, 1.82) is 0 Å². The van der Waals surface area contributed by atoms with Crippen LogP contribution in [0.3, 0.4) is 0 Å². The maximum atomic E-state index is 12.9. The Labute approximate surface area is 199 Å². The van der Waals surface area contributed by atoms with E-state index >= 15 is 0 Å². The first kappa shape index (κ1) is 23.0. The molecule has 1 saturated heterocycles. The summed E-state index contributed by atoms with van der Waals surface area (Å²) in [6.45, 7) is 1.90. The summed E-state index contributed by atoms with van der Waals surface area (Å²) in [5.74, 6) is 0.928. The monoisotopic (exact) mass is 482 g/mol. The van der Waals surface area contributed by atoms with Crippen molar-refractivity contribution in [3.63, 3.8) is 0 Å². The maximum Gasteiger partial charge on any atom is 0.239 e. The van der Waals surface area contributed by atoms with Gasteiger partial charge in [-0.05, 0) is 73.4 Å². The van der Waals surface area contributed by atoms with E-state index in [-0.39, 0.29) is 16.8 Å². The van der Waals surface area contributed by atoms with Crippen LogP contribution in [-0.4, -0.2) is 53.2 Å². The number of aromatic nitrogens is 5. The molecule has 1 saturated carbocycles. The Balaban J connectivity index is 1.59. The minimum atomic E-state index is -4.08. The van der Waals surface area contributed by atoms with Gasteiger partial charge < -0.3 is 11.1 Å². The average Bonchev–Trinajstić information content (AvgIpc) is 3.54. The third-order valence-electron chi connectivity index (χ3n) is 7.07. The molecule has 180 valence electrons. The Kier molecular flexibility index (Phi) is 6.43. The molecule has 0 spiro atoms. The zero-order valence-corrected chi connectivity index (χ0v) is 19.8. The predicted molar refractivity (Wildman–Crippen MR) is 128 cm³/mol. The zero-order valence-electron chi connectivity index (χ0n) is 18.9. The van der Waals surface area contributed by atoms with Gasteiger partial charge in [-0.1, -0.05) is 18.2 Å². The lowest BCUT2D eigenvalue weighted by atomic mass is 9.82. The van der Waals surface area contributed by atoms with E-state index < -0.39 is 10.0 Å². The Morgan fingerprint density at radius 2 is 1.88 bits per heavy atom. The molecule has 2 fully saturated rings. The molecule has 5 rings (SSSR count). The molecule has 2 aromatic heterocycles. The number of tetrazole rings is 1. The molecule has 2 aliphatic rings. The number of H-pyrrole nitrogens is 1. The molecule has 11 heteroatoms. The van der Waals surface area contributed by atoms with Crippen molar-refractivity contribution in [1.82, 2.24) is 30.9 Å². The van der Waals surface area contributed by atoms with E-state index in [2.05, 4.69) is 30.9 Å². The van der Waals surface area contributed by atoms with Crippen molar-refractivity contribution >= 4 is 10.0 Å².